The first-order chi connectivity index (χ1) is 5.88. The summed E-state index contributed by atoms with van der Waals surface area (Å²) >= 11 is 0. The molecule has 12 heavy (non-hydrogen) atoms. The van der Waals surface area contributed by atoms with Crippen LogP contribution in [-0.2, 0) is 0 Å². The molecule has 1 N–H and O–H groups in total. The fraction of sp³-hybridized carbons (Fsp3) is 0.800. The zero-order valence-corrected chi connectivity index (χ0v) is 7.84. The molecule has 0 radical (unpaired) electrons. The van der Waals surface area contributed by atoms with E-state index in [4.69, 9.17) is 0 Å². The van der Waals surface area contributed by atoms with Gasteiger partial charge >= 0.3 is 0 Å². The molecule has 0 aromatic heterocycles. The van der Waals surface area contributed by atoms with E-state index in [0.29, 0.717) is 0 Å². The number of rotatable bonds is 3. The second-order valence-corrected chi connectivity index (χ2v) is 3.93. The van der Waals surface area contributed by atoms with Gasteiger partial charge in [0, 0.05) is 19.3 Å². The summed E-state index contributed by atoms with van der Waals surface area (Å²) in [7, 11) is 0. The standard InChI is InChI=1S/C10H18N2/c1-2-9-6-11-12(7-9)8-10-4-3-5-10/h7,10-11H,2-6,8H2,1H3. The number of hydrogen-bond donors (Lipinski definition) is 1. The Morgan fingerprint density at radius 3 is 2.92 bits per heavy atom. The van der Waals surface area contributed by atoms with Crippen LogP contribution >= 0.6 is 0 Å². The molecule has 0 aromatic carbocycles. The fourth-order valence-electron chi connectivity index (χ4n) is 1.80. The largest absolute Gasteiger partial charge is 0.315 e. The summed E-state index contributed by atoms with van der Waals surface area (Å²) in [5, 5.41) is 2.28. The first-order valence-electron chi connectivity index (χ1n) is 5.08. The maximum Gasteiger partial charge on any atom is 0.0377 e. The third-order valence-corrected chi connectivity index (χ3v) is 2.98. The van der Waals surface area contributed by atoms with Crippen molar-refractivity contribution in [1.82, 2.24) is 10.4 Å². The van der Waals surface area contributed by atoms with Crippen LogP contribution in [0.15, 0.2) is 11.8 Å². The maximum absolute atomic E-state index is 3.40. The van der Waals surface area contributed by atoms with E-state index in [2.05, 4.69) is 23.6 Å². The van der Waals surface area contributed by atoms with Crippen LogP contribution in [0, 0.1) is 5.92 Å². The molecule has 2 rings (SSSR count). The van der Waals surface area contributed by atoms with E-state index in [0.717, 1.165) is 12.5 Å². The molecule has 0 spiro atoms. The zero-order valence-electron chi connectivity index (χ0n) is 7.84. The molecule has 1 fully saturated rings. The molecule has 1 aliphatic carbocycles. The minimum atomic E-state index is 0.963. The molecule has 0 amide bonds. The molecule has 1 heterocycles. The van der Waals surface area contributed by atoms with Crippen LogP contribution in [0.3, 0.4) is 0 Å². The van der Waals surface area contributed by atoms with E-state index < -0.39 is 0 Å². The number of hydrazine groups is 1. The molecular formula is C10H18N2. The number of nitrogens with one attached hydrogen (secondary N) is 1. The van der Waals surface area contributed by atoms with Crippen molar-refractivity contribution >= 4 is 0 Å². The lowest BCUT2D eigenvalue weighted by molar-refractivity contribution is 0.193. The normalized spacial score (nSPS) is 24.1. The van der Waals surface area contributed by atoms with E-state index in [1.54, 1.807) is 0 Å². The van der Waals surface area contributed by atoms with Gasteiger partial charge in [-0.05, 0) is 30.8 Å². The Hall–Kier alpha value is -0.500. The van der Waals surface area contributed by atoms with Gasteiger partial charge in [0.25, 0.3) is 0 Å². The maximum atomic E-state index is 3.40. The van der Waals surface area contributed by atoms with Crippen LogP contribution in [0.1, 0.15) is 32.6 Å². The Morgan fingerprint density at radius 1 is 1.58 bits per heavy atom. The molecule has 2 heteroatoms. The second kappa shape index (κ2) is 3.48. The average molecular weight is 166 g/mol. The summed E-state index contributed by atoms with van der Waals surface area (Å²) in [6, 6.07) is 0. The van der Waals surface area contributed by atoms with Crippen molar-refractivity contribution in [2.75, 3.05) is 13.1 Å². The molecule has 0 bridgehead atoms. The summed E-state index contributed by atoms with van der Waals surface area (Å²) in [6.07, 6.45) is 7.80. The molecule has 1 aliphatic heterocycles. The SMILES string of the molecule is CCC1=CN(CC2CCC2)NC1. The van der Waals surface area contributed by atoms with E-state index in [1.807, 2.05) is 0 Å². The summed E-state index contributed by atoms with van der Waals surface area (Å²) in [5.41, 5.74) is 4.93. The van der Waals surface area contributed by atoms with E-state index in [-0.39, 0.29) is 0 Å². The van der Waals surface area contributed by atoms with Crippen molar-refractivity contribution in [3.63, 3.8) is 0 Å². The van der Waals surface area contributed by atoms with E-state index in [1.165, 1.54) is 37.8 Å². The van der Waals surface area contributed by atoms with Crippen LogP contribution < -0.4 is 5.43 Å². The quantitative estimate of drug-likeness (QED) is 0.689. The number of nitrogens with zero attached hydrogens (tertiary/aromatic N) is 1. The van der Waals surface area contributed by atoms with Gasteiger partial charge in [-0.3, -0.25) is 0 Å². The average Bonchev–Trinajstić information content (AvgIpc) is 2.44. The summed E-state index contributed by atoms with van der Waals surface area (Å²) in [4.78, 5) is 0. The zero-order chi connectivity index (χ0) is 8.39. The van der Waals surface area contributed by atoms with Crippen LogP contribution in [0.4, 0.5) is 0 Å². The lowest BCUT2D eigenvalue weighted by atomic mass is 9.85. The van der Waals surface area contributed by atoms with Gasteiger partial charge in [-0.25, -0.2) is 5.43 Å². The van der Waals surface area contributed by atoms with Crippen LogP contribution in [0.2, 0.25) is 0 Å². The topological polar surface area (TPSA) is 15.3 Å². The van der Waals surface area contributed by atoms with Crippen molar-refractivity contribution in [2.24, 2.45) is 5.92 Å². The van der Waals surface area contributed by atoms with Crippen molar-refractivity contribution in [3.8, 4) is 0 Å². The summed E-state index contributed by atoms with van der Waals surface area (Å²) in [6.45, 7) is 4.52. The third-order valence-electron chi connectivity index (χ3n) is 2.98. The Labute approximate surface area is 74.6 Å². The van der Waals surface area contributed by atoms with E-state index >= 15 is 0 Å². The highest BCUT2D eigenvalue weighted by molar-refractivity contribution is 5.07. The molecule has 68 valence electrons. The molecule has 0 saturated heterocycles. The molecule has 0 atom stereocenters. The van der Waals surface area contributed by atoms with Gasteiger partial charge in [-0.2, -0.15) is 0 Å². The Kier molecular flexibility index (Phi) is 2.35. The van der Waals surface area contributed by atoms with Crippen molar-refractivity contribution < 1.29 is 0 Å². The molecule has 2 nitrogen and oxygen atoms in total. The smallest absolute Gasteiger partial charge is 0.0377 e. The third kappa shape index (κ3) is 1.63. The van der Waals surface area contributed by atoms with Crippen LogP contribution in [-0.4, -0.2) is 18.1 Å². The number of hydrogen-bond acceptors (Lipinski definition) is 2. The van der Waals surface area contributed by atoms with Gasteiger partial charge in [-0.15, -0.1) is 0 Å². The Balaban J connectivity index is 1.78. The van der Waals surface area contributed by atoms with Crippen molar-refractivity contribution in [2.45, 2.75) is 32.6 Å². The monoisotopic (exact) mass is 166 g/mol. The van der Waals surface area contributed by atoms with Crippen LogP contribution in [0.5, 0.6) is 0 Å². The molecule has 1 saturated carbocycles. The molecular weight excluding hydrogens is 148 g/mol. The van der Waals surface area contributed by atoms with Crippen molar-refractivity contribution in [1.29, 1.82) is 0 Å². The predicted molar refractivity (Wildman–Crippen MR) is 50.4 cm³/mol. The van der Waals surface area contributed by atoms with E-state index in [9.17, 15) is 0 Å². The molecule has 0 aromatic rings. The van der Waals surface area contributed by atoms with Gasteiger partial charge in [-0.1, -0.05) is 13.3 Å². The molecule has 0 unspecified atom stereocenters. The highest BCUT2D eigenvalue weighted by atomic mass is 15.5. The lowest BCUT2D eigenvalue weighted by Crippen LogP contribution is -2.35. The highest BCUT2D eigenvalue weighted by Crippen LogP contribution is 2.27. The minimum Gasteiger partial charge on any atom is -0.315 e. The van der Waals surface area contributed by atoms with Gasteiger partial charge in [0.05, 0.1) is 0 Å². The fourth-order valence-corrected chi connectivity index (χ4v) is 1.80. The summed E-state index contributed by atoms with van der Waals surface area (Å²) < 4.78 is 0. The first-order valence-corrected chi connectivity index (χ1v) is 5.08. The molecule has 2 aliphatic rings. The lowest BCUT2D eigenvalue weighted by Gasteiger charge is -2.29. The van der Waals surface area contributed by atoms with Gasteiger partial charge in [0.2, 0.25) is 0 Å². The van der Waals surface area contributed by atoms with Crippen molar-refractivity contribution in [3.05, 3.63) is 11.8 Å². The van der Waals surface area contributed by atoms with Gasteiger partial charge < -0.3 is 5.01 Å². The van der Waals surface area contributed by atoms with Gasteiger partial charge in [0.15, 0.2) is 0 Å². The minimum absolute atomic E-state index is 0.963. The highest BCUT2D eigenvalue weighted by Gasteiger charge is 2.21. The summed E-state index contributed by atoms with van der Waals surface area (Å²) in [5.74, 6) is 0.963. The first kappa shape index (κ1) is 8.11. The Bertz CT molecular complexity index is 182. The Morgan fingerprint density at radius 2 is 2.42 bits per heavy atom. The van der Waals surface area contributed by atoms with Gasteiger partial charge in [0.1, 0.15) is 0 Å². The van der Waals surface area contributed by atoms with Crippen LogP contribution in [0.25, 0.3) is 0 Å². The second-order valence-electron chi connectivity index (χ2n) is 3.93. The predicted octanol–water partition coefficient (Wildman–Crippen LogP) is 1.90.